The van der Waals surface area contributed by atoms with E-state index in [1.54, 1.807) is 6.07 Å². The van der Waals surface area contributed by atoms with Gasteiger partial charge >= 0.3 is 0 Å². The van der Waals surface area contributed by atoms with E-state index in [2.05, 4.69) is 39.7 Å². The number of nitrogens with zero attached hydrogens (tertiary/aromatic N) is 5. The van der Waals surface area contributed by atoms with Crippen LogP contribution in [0.4, 0.5) is 5.95 Å². The number of aryl methyl sites for hydroxylation is 1. The third-order valence-electron chi connectivity index (χ3n) is 3.28. The lowest BCUT2D eigenvalue weighted by atomic mass is 10.2. The Morgan fingerprint density at radius 3 is 2.44 bits per heavy atom. The predicted molar refractivity (Wildman–Crippen MR) is 70.4 cm³/mol. The zero-order chi connectivity index (χ0) is 13.1. The molecule has 2 heterocycles. The SMILES string of the molecule is Cc1cc(C#N)nc(N2CCN(C(C)C)CC2)n1. The van der Waals surface area contributed by atoms with Gasteiger partial charge < -0.3 is 4.90 Å². The molecule has 0 aromatic carbocycles. The topological polar surface area (TPSA) is 56.1 Å². The van der Waals surface area contributed by atoms with Gasteiger partial charge in [0.05, 0.1) is 0 Å². The molecule has 0 amide bonds. The summed E-state index contributed by atoms with van der Waals surface area (Å²) in [4.78, 5) is 13.3. The van der Waals surface area contributed by atoms with Gasteiger partial charge in [-0.1, -0.05) is 0 Å². The lowest BCUT2D eigenvalue weighted by Gasteiger charge is -2.36. The van der Waals surface area contributed by atoms with Gasteiger partial charge in [-0.15, -0.1) is 0 Å². The standard InChI is InChI=1S/C13H19N5/c1-10(2)17-4-6-18(7-5-17)13-15-11(3)8-12(9-14)16-13/h8,10H,4-7H2,1-3H3. The number of hydrogen-bond donors (Lipinski definition) is 0. The van der Waals surface area contributed by atoms with Crippen molar-refractivity contribution in [3.63, 3.8) is 0 Å². The van der Waals surface area contributed by atoms with E-state index in [0.29, 0.717) is 17.7 Å². The minimum absolute atomic E-state index is 0.448. The van der Waals surface area contributed by atoms with Crippen LogP contribution in [0, 0.1) is 18.3 Å². The largest absolute Gasteiger partial charge is 0.338 e. The number of hydrogen-bond acceptors (Lipinski definition) is 5. The predicted octanol–water partition coefficient (Wildman–Crippen LogP) is 1.19. The molecule has 0 bridgehead atoms. The molecule has 1 aliphatic rings. The molecular weight excluding hydrogens is 226 g/mol. The molecule has 0 saturated carbocycles. The maximum absolute atomic E-state index is 8.93. The Labute approximate surface area is 108 Å². The van der Waals surface area contributed by atoms with Gasteiger partial charge in [0.2, 0.25) is 5.95 Å². The molecule has 1 saturated heterocycles. The first-order chi connectivity index (χ1) is 8.60. The molecule has 1 aromatic heterocycles. The maximum atomic E-state index is 8.93. The molecule has 18 heavy (non-hydrogen) atoms. The van der Waals surface area contributed by atoms with Crippen LogP contribution < -0.4 is 4.90 Å². The lowest BCUT2D eigenvalue weighted by Crippen LogP contribution is -2.49. The number of aromatic nitrogens is 2. The van der Waals surface area contributed by atoms with E-state index in [4.69, 9.17) is 5.26 Å². The fourth-order valence-electron chi connectivity index (χ4n) is 2.19. The molecule has 5 nitrogen and oxygen atoms in total. The van der Waals surface area contributed by atoms with Gasteiger partial charge in [0, 0.05) is 37.9 Å². The number of nitriles is 1. The molecular formula is C13H19N5. The molecule has 0 unspecified atom stereocenters. The summed E-state index contributed by atoms with van der Waals surface area (Å²) in [5.74, 6) is 0.690. The van der Waals surface area contributed by atoms with Crippen molar-refractivity contribution < 1.29 is 0 Å². The summed E-state index contributed by atoms with van der Waals surface area (Å²) in [5.41, 5.74) is 1.30. The summed E-state index contributed by atoms with van der Waals surface area (Å²) in [6.07, 6.45) is 0. The summed E-state index contributed by atoms with van der Waals surface area (Å²) in [7, 11) is 0. The van der Waals surface area contributed by atoms with Gasteiger partial charge in [-0.05, 0) is 26.8 Å². The molecule has 5 heteroatoms. The molecule has 0 atom stereocenters. The van der Waals surface area contributed by atoms with E-state index in [0.717, 1.165) is 31.9 Å². The third-order valence-corrected chi connectivity index (χ3v) is 3.28. The van der Waals surface area contributed by atoms with Crippen molar-refractivity contribution in [2.45, 2.75) is 26.8 Å². The fourth-order valence-corrected chi connectivity index (χ4v) is 2.19. The first-order valence-electron chi connectivity index (χ1n) is 6.35. The normalized spacial score (nSPS) is 16.9. The van der Waals surface area contributed by atoms with Crippen LogP contribution in [0.2, 0.25) is 0 Å². The molecule has 2 rings (SSSR count). The number of anilines is 1. The minimum atomic E-state index is 0.448. The van der Waals surface area contributed by atoms with E-state index in [9.17, 15) is 0 Å². The van der Waals surface area contributed by atoms with Gasteiger partial charge in [0.15, 0.2) is 0 Å². The molecule has 1 aromatic rings. The Hall–Kier alpha value is -1.67. The zero-order valence-electron chi connectivity index (χ0n) is 11.2. The van der Waals surface area contributed by atoms with Crippen molar-refractivity contribution in [2.24, 2.45) is 0 Å². The van der Waals surface area contributed by atoms with Crippen LogP contribution in [-0.4, -0.2) is 47.1 Å². The maximum Gasteiger partial charge on any atom is 0.226 e. The van der Waals surface area contributed by atoms with Crippen molar-refractivity contribution in [3.8, 4) is 6.07 Å². The Balaban J connectivity index is 2.10. The van der Waals surface area contributed by atoms with Crippen LogP contribution in [0.5, 0.6) is 0 Å². The van der Waals surface area contributed by atoms with Gasteiger partial charge in [0.25, 0.3) is 0 Å². The Kier molecular flexibility index (Phi) is 3.78. The second-order valence-electron chi connectivity index (χ2n) is 4.92. The monoisotopic (exact) mass is 245 g/mol. The van der Waals surface area contributed by atoms with E-state index in [1.807, 2.05) is 6.92 Å². The average Bonchev–Trinajstić information content (AvgIpc) is 2.38. The third kappa shape index (κ3) is 2.77. The zero-order valence-corrected chi connectivity index (χ0v) is 11.2. The minimum Gasteiger partial charge on any atom is -0.338 e. The second kappa shape index (κ2) is 5.32. The number of piperazine rings is 1. The van der Waals surface area contributed by atoms with Gasteiger partial charge in [0.1, 0.15) is 11.8 Å². The van der Waals surface area contributed by atoms with Crippen LogP contribution in [0.1, 0.15) is 25.2 Å². The van der Waals surface area contributed by atoms with E-state index in [-0.39, 0.29) is 0 Å². The lowest BCUT2D eigenvalue weighted by molar-refractivity contribution is 0.208. The molecule has 0 N–H and O–H groups in total. The molecule has 1 fully saturated rings. The quantitative estimate of drug-likeness (QED) is 0.783. The van der Waals surface area contributed by atoms with Crippen molar-refractivity contribution >= 4 is 5.95 Å². The fraction of sp³-hybridized carbons (Fsp3) is 0.615. The van der Waals surface area contributed by atoms with Crippen molar-refractivity contribution in [3.05, 3.63) is 17.5 Å². The average molecular weight is 245 g/mol. The highest BCUT2D eigenvalue weighted by molar-refractivity contribution is 5.36. The first-order valence-corrected chi connectivity index (χ1v) is 6.35. The van der Waals surface area contributed by atoms with E-state index in [1.165, 1.54) is 0 Å². The van der Waals surface area contributed by atoms with Crippen molar-refractivity contribution in [1.82, 2.24) is 14.9 Å². The highest BCUT2D eigenvalue weighted by Crippen LogP contribution is 2.14. The van der Waals surface area contributed by atoms with E-state index < -0.39 is 0 Å². The summed E-state index contributed by atoms with van der Waals surface area (Å²) in [6, 6.07) is 4.39. The molecule has 0 radical (unpaired) electrons. The smallest absolute Gasteiger partial charge is 0.226 e. The summed E-state index contributed by atoms with van der Waals surface area (Å²) >= 11 is 0. The van der Waals surface area contributed by atoms with Gasteiger partial charge in [-0.3, -0.25) is 4.90 Å². The van der Waals surface area contributed by atoms with Crippen LogP contribution in [0.25, 0.3) is 0 Å². The molecule has 1 aliphatic heterocycles. The van der Waals surface area contributed by atoms with Gasteiger partial charge in [-0.25, -0.2) is 9.97 Å². The van der Waals surface area contributed by atoms with Crippen LogP contribution in [-0.2, 0) is 0 Å². The highest BCUT2D eigenvalue weighted by atomic mass is 15.3. The molecule has 0 aliphatic carbocycles. The van der Waals surface area contributed by atoms with Crippen LogP contribution in [0.3, 0.4) is 0 Å². The Bertz CT molecular complexity index is 455. The summed E-state index contributed by atoms with van der Waals surface area (Å²) in [6.45, 7) is 10.2. The van der Waals surface area contributed by atoms with Crippen LogP contribution >= 0.6 is 0 Å². The first kappa shape index (κ1) is 12.8. The Morgan fingerprint density at radius 2 is 1.89 bits per heavy atom. The van der Waals surface area contributed by atoms with Gasteiger partial charge in [-0.2, -0.15) is 5.26 Å². The molecule has 96 valence electrons. The highest BCUT2D eigenvalue weighted by Gasteiger charge is 2.20. The summed E-state index contributed by atoms with van der Waals surface area (Å²) < 4.78 is 0. The second-order valence-corrected chi connectivity index (χ2v) is 4.92. The number of rotatable bonds is 2. The van der Waals surface area contributed by atoms with Crippen LogP contribution in [0.15, 0.2) is 6.07 Å². The Morgan fingerprint density at radius 1 is 1.22 bits per heavy atom. The van der Waals surface area contributed by atoms with Crippen molar-refractivity contribution in [2.75, 3.05) is 31.1 Å². The summed E-state index contributed by atoms with van der Waals surface area (Å²) in [5, 5.41) is 8.93. The molecule has 0 spiro atoms. The van der Waals surface area contributed by atoms with Crippen molar-refractivity contribution in [1.29, 1.82) is 5.26 Å². The van der Waals surface area contributed by atoms with E-state index >= 15 is 0 Å².